The van der Waals surface area contributed by atoms with E-state index in [2.05, 4.69) is 10.3 Å². The Morgan fingerprint density at radius 3 is 2.86 bits per heavy atom. The van der Waals surface area contributed by atoms with Gasteiger partial charge in [0.2, 0.25) is 5.91 Å². The quantitative estimate of drug-likeness (QED) is 0.937. The molecule has 21 heavy (non-hydrogen) atoms. The van der Waals surface area contributed by atoms with Gasteiger partial charge in [-0.15, -0.1) is 11.3 Å². The Balaban J connectivity index is 1.64. The molecule has 1 aromatic heterocycles. The molecule has 2 aromatic rings. The molecule has 1 fully saturated rings. The Bertz CT molecular complexity index is 686. The molecule has 0 saturated heterocycles. The van der Waals surface area contributed by atoms with Gasteiger partial charge in [-0.1, -0.05) is 13.0 Å². The van der Waals surface area contributed by atoms with Crippen LogP contribution in [0.4, 0.5) is 13.9 Å². The number of nitrogens with zero attached hydrogens (tertiary/aromatic N) is 1. The predicted molar refractivity (Wildman–Crippen MR) is 77.2 cm³/mol. The van der Waals surface area contributed by atoms with Crippen molar-refractivity contribution in [3.8, 4) is 0 Å². The molecule has 110 valence electrons. The Morgan fingerprint density at radius 2 is 2.19 bits per heavy atom. The lowest BCUT2D eigenvalue weighted by Crippen LogP contribution is -2.13. The van der Waals surface area contributed by atoms with Gasteiger partial charge < -0.3 is 5.32 Å². The Morgan fingerprint density at radius 1 is 1.43 bits per heavy atom. The first kappa shape index (κ1) is 14.1. The first-order valence-electron chi connectivity index (χ1n) is 6.72. The molecule has 1 saturated carbocycles. The Kier molecular flexibility index (Phi) is 3.71. The molecular weight excluding hydrogens is 294 g/mol. The topological polar surface area (TPSA) is 42.0 Å². The average Bonchev–Trinajstić information content (AvgIpc) is 3.01. The maximum atomic E-state index is 13.1. The molecule has 3 rings (SSSR count). The molecule has 1 aliphatic rings. The van der Waals surface area contributed by atoms with Crippen molar-refractivity contribution in [2.45, 2.75) is 19.8 Å². The van der Waals surface area contributed by atoms with Crippen molar-refractivity contribution >= 4 is 22.4 Å². The molecule has 1 aromatic carbocycles. The van der Waals surface area contributed by atoms with Crippen LogP contribution >= 0.6 is 11.3 Å². The number of carbonyl (C=O) groups is 1. The van der Waals surface area contributed by atoms with Crippen molar-refractivity contribution in [2.24, 2.45) is 11.8 Å². The van der Waals surface area contributed by atoms with Crippen molar-refractivity contribution in [1.29, 1.82) is 0 Å². The smallest absolute Gasteiger partial charge is 0.229 e. The number of aromatic nitrogens is 1. The maximum Gasteiger partial charge on any atom is 0.229 e. The van der Waals surface area contributed by atoms with Crippen LogP contribution in [-0.4, -0.2) is 10.9 Å². The van der Waals surface area contributed by atoms with Crippen LogP contribution < -0.4 is 5.32 Å². The zero-order valence-corrected chi connectivity index (χ0v) is 12.2. The number of benzene rings is 1. The van der Waals surface area contributed by atoms with Gasteiger partial charge in [-0.05, 0) is 30.0 Å². The largest absolute Gasteiger partial charge is 0.302 e. The number of halogens is 2. The van der Waals surface area contributed by atoms with Crippen molar-refractivity contribution < 1.29 is 13.6 Å². The summed E-state index contributed by atoms with van der Waals surface area (Å²) in [5, 5.41) is 3.35. The van der Waals surface area contributed by atoms with E-state index < -0.39 is 11.6 Å². The van der Waals surface area contributed by atoms with E-state index in [1.54, 1.807) is 12.3 Å². The summed E-state index contributed by atoms with van der Waals surface area (Å²) < 4.78 is 26.0. The van der Waals surface area contributed by atoms with Crippen LogP contribution in [0.5, 0.6) is 0 Å². The molecule has 3 nitrogen and oxygen atoms in total. The van der Waals surface area contributed by atoms with Gasteiger partial charge in [0.05, 0.1) is 0 Å². The Hall–Kier alpha value is -1.82. The molecule has 0 unspecified atom stereocenters. The number of hydrogen-bond donors (Lipinski definition) is 1. The summed E-state index contributed by atoms with van der Waals surface area (Å²) in [6.07, 6.45) is 3.04. The summed E-state index contributed by atoms with van der Waals surface area (Å²) in [6.45, 7) is 2.04. The molecule has 1 N–H and O–H groups in total. The third kappa shape index (κ3) is 3.26. The number of nitrogens with one attached hydrogen (secondary N) is 1. The summed E-state index contributed by atoms with van der Waals surface area (Å²) in [6, 6.07) is 3.84. The fraction of sp³-hybridized carbons (Fsp3) is 0.333. The number of thiazole rings is 1. The molecular formula is C15H14F2N2OS. The highest BCUT2D eigenvalue weighted by molar-refractivity contribution is 7.15. The van der Waals surface area contributed by atoms with Gasteiger partial charge in [0, 0.05) is 23.4 Å². The van der Waals surface area contributed by atoms with Crippen LogP contribution in [0.25, 0.3) is 0 Å². The van der Waals surface area contributed by atoms with E-state index in [0.717, 1.165) is 17.4 Å². The summed E-state index contributed by atoms with van der Waals surface area (Å²) in [4.78, 5) is 16.8. The van der Waals surface area contributed by atoms with Crippen LogP contribution in [0, 0.1) is 23.5 Å². The lowest BCUT2D eigenvalue weighted by atomic mass is 10.1. The third-order valence-corrected chi connectivity index (χ3v) is 4.51. The molecule has 1 amide bonds. The van der Waals surface area contributed by atoms with Crippen molar-refractivity contribution in [3.05, 3.63) is 46.5 Å². The minimum atomic E-state index is -0.853. The van der Waals surface area contributed by atoms with Crippen LogP contribution in [0.3, 0.4) is 0 Å². The average molecular weight is 308 g/mol. The van der Waals surface area contributed by atoms with E-state index in [1.165, 1.54) is 17.4 Å². The van der Waals surface area contributed by atoms with E-state index >= 15 is 0 Å². The van der Waals surface area contributed by atoms with Gasteiger partial charge in [0.25, 0.3) is 0 Å². The lowest BCUT2D eigenvalue weighted by molar-refractivity contribution is -0.117. The van der Waals surface area contributed by atoms with Crippen LogP contribution in [0.2, 0.25) is 0 Å². The normalized spacial score (nSPS) is 20.3. The number of hydrogen-bond acceptors (Lipinski definition) is 3. The van der Waals surface area contributed by atoms with E-state index in [1.807, 2.05) is 6.92 Å². The first-order valence-corrected chi connectivity index (χ1v) is 7.54. The zero-order valence-electron chi connectivity index (χ0n) is 11.4. The number of amides is 1. The molecule has 0 radical (unpaired) electrons. The van der Waals surface area contributed by atoms with Gasteiger partial charge in [-0.3, -0.25) is 4.79 Å². The summed E-state index contributed by atoms with van der Waals surface area (Å²) in [5.74, 6) is -1.14. The highest BCUT2D eigenvalue weighted by Gasteiger charge is 2.39. The number of anilines is 1. The highest BCUT2D eigenvalue weighted by atomic mass is 32.1. The second-order valence-corrected chi connectivity index (χ2v) is 6.48. The predicted octanol–water partition coefficient (Wildman–Crippen LogP) is 3.61. The van der Waals surface area contributed by atoms with E-state index in [9.17, 15) is 13.6 Å². The number of rotatable bonds is 4. The summed E-state index contributed by atoms with van der Waals surface area (Å²) in [7, 11) is 0. The standard InChI is InChI=1S/C15H14F2N2OS/c1-8-4-11(8)14(20)19-15-18-7-10(21-15)5-9-2-3-12(16)13(17)6-9/h2-3,6-8,11H,4-5H2,1H3,(H,18,19,20)/t8-,11-/m1/s1. The zero-order chi connectivity index (χ0) is 15.0. The molecule has 0 aliphatic heterocycles. The van der Waals surface area contributed by atoms with Gasteiger partial charge >= 0.3 is 0 Å². The molecule has 2 atom stereocenters. The Labute approximate surface area is 125 Å². The molecule has 6 heteroatoms. The molecule has 0 spiro atoms. The minimum absolute atomic E-state index is 0.0104. The van der Waals surface area contributed by atoms with Crippen molar-refractivity contribution in [2.75, 3.05) is 5.32 Å². The van der Waals surface area contributed by atoms with Gasteiger partial charge in [0.15, 0.2) is 16.8 Å². The maximum absolute atomic E-state index is 13.1. The molecule has 1 heterocycles. The van der Waals surface area contributed by atoms with Crippen molar-refractivity contribution in [1.82, 2.24) is 4.98 Å². The monoisotopic (exact) mass is 308 g/mol. The van der Waals surface area contributed by atoms with Gasteiger partial charge in [-0.2, -0.15) is 0 Å². The van der Waals surface area contributed by atoms with Crippen LogP contribution in [0.1, 0.15) is 23.8 Å². The van der Waals surface area contributed by atoms with Gasteiger partial charge in [-0.25, -0.2) is 13.8 Å². The molecule has 0 bridgehead atoms. The third-order valence-electron chi connectivity index (χ3n) is 3.59. The summed E-state index contributed by atoms with van der Waals surface area (Å²) in [5.41, 5.74) is 0.672. The van der Waals surface area contributed by atoms with Crippen LogP contribution in [0.15, 0.2) is 24.4 Å². The van der Waals surface area contributed by atoms with E-state index in [4.69, 9.17) is 0 Å². The van der Waals surface area contributed by atoms with Crippen LogP contribution in [-0.2, 0) is 11.2 Å². The summed E-state index contributed by atoms with van der Waals surface area (Å²) >= 11 is 1.35. The van der Waals surface area contributed by atoms with E-state index in [-0.39, 0.29) is 11.8 Å². The second-order valence-electron chi connectivity index (χ2n) is 5.37. The fourth-order valence-corrected chi connectivity index (χ4v) is 3.03. The SMILES string of the molecule is C[C@@H]1C[C@H]1C(=O)Nc1ncc(Cc2ccc(F)c(F)c2)s1. The first-order chi connectivity index (χ1) is 10.0. The second kappa shape index (κ2) is 5.52. The minimum Gasteiger partial charge on any atom is -0.302 e. The number of carbonyl (C=O) groups excluding carboxylic acids is 1. The van der Waals surface area contributed by atoms with E-state index in [0.29, 0.717) is 23.0 Å². The lowest BCUT2D eigenvalue weighted by Gasteiger charge is -2.00. The van der Waals surface area contributed by atoms with Crippen molar-refractivity contribution in [3.63, 3.8) is 0 Å². The fourth-order valence-electron chi connectivity index (χ4n) is 2.18. The molecule has 1 aliphatic carbocycles. The highest BCUT2D eigenvalue weighted by Crippen LogP contribution is 2.38. The van der Waals surface area contributed by atoms with Gasteiger partial charge in [0.1, 0.15) is 0 Å².